The van der Waals surface area contributed by atoms with Gasteiger partial charge in [-0.3, -0.25) is 4.79 Å². The van der Waals surface area contributed by atoms with E-state index in [4.69, 9.17) is 4.98 Å². The lowest BCUT2D eigenvalue weighted by Crippen LogP contribution is -2.40. The highest BCUT2D eigenvalue weighted by Gasteiger charge is 2.52. The number of aromatic nitrogens is 1. The molecule has 1 aromatic heterocycles. The number of ketones is 1. The van der Waals surface area contributed by atoms with E-state index in [1.54, 1.807) is 23.1 Å². The van der Waals surface area contributed by atoms with Crippen LogP contribution >= 0.6 is 30.4 Å². The molecule has 194 valence electrons. The number of Topliss-reactive ketones (excluding diaryl/α,β-unsaturated/α-hetero) is 1. The first-order valence-electron chi connectivity index (χ1n) is 13.1. The average Bonchev–Trinajstić information content (AvgIpc) is 3.47. The molecule has 0 bridgehead atoms. The monoisotopic (exact) mass is 572 g/mol. The van der Waals surface area contributed by atoms with E-state index in [1.165, 1.54) is 15.9 Å². The Kier molecular flexibility index (Phi) is 8.02. The highest BCUT2D eigenvalue weighted by atomic mass is 32.2. The minimum Gasteiger partial charge on any atom is -0.293 e. The predicted octanol–water partition coefficient (Wildman–Crippen LogP) is 7.40. The van der Waals surface area contributed by atoms with E-state index in [-0.39, 0.29) is 5.78 Å². The van der Waals surface area contributed by atoms with Gasteiger partial charge in [-0.05, 0) is 36.4 Å². The highest BCUT2D eigenvalue weighted by molar-refractivity contribution is 8.05. The van der Waals surface area contributed by atoms with Crippen LogP contribution in [0.15, 0.2) is 156 Å². The lowest BCUT2D eigenvalue weighted by Gasteiger charge is -2.26. The average molecular weight is 573 g/mol. The van der Waals surface area contributed by atoms with Crippen LogP contribution in [-0.2, 0) is 0 Å². The second kappa shape index (κ2) is 12.1. The van der Waals surface area contributed by atoms with Crippen molar-refractivity contribution < 1.29 is 4.79 Å². The number of thioether (sulfide) groups is 1. The number of benzene rings is 5. The molecule has 1 heterocycles. The highest BCUT2D eigenvalue weighted by Crippen LogP contribution is 2.57. The Morgan fingerprint density at radius 3 is 1.50 bits per heavy atom. The van der Waals surface area contributed by atoms with Crippen molar-refractivity contribution in [1.82, 2.24) is 4.98 Å². The van der Waals surface area contributed by atoms with E-state index < -0.39 is 7.26 Å². The van der Waals surface area contributed by atoms with Gasteiger partial charge in [0.05, 0.1) is 5.75 Å². The molecule has 0 atom stereocenters. The van der Waals surface area contributed by atoms with Crippen molar-refractivity contribution in [3.05, 3.63) is 157 Å². The molecular formula is C35H27NOPS2+. The predicted molar refractivity (Wildman–Crippen MR) is 174 cm³/mol. The maximum absolute atomic E-state index is 13.2. The molecule has 0 saturated carbocycles. The second-order valence-corrected chi connectivity index (χ2v) is 14.8. The largest absolute Gasteiger partial charge is 0.293 e. The number of nitrogens with zero attached hydrogens (tertiary/aromatic N) is 1. The Bertz CT molecular complexity index is 1590. The van der Waals surface area contributed by atoms with Crippen molar-refractivity contribution in [3.63, 3.8) is 0 Å². The Balaban J connectivity index is 1.60. The van der Waals surface area contributed by atoms with Gasteiger partial charge in [-0.2, -0.15) is 4.98 Å². The molecule has 6 rings (SSSR count). The van der Waals surface area contributed by atoms with Crippen LogP contribution in [0.3, 0.4) is 0 Å². The SMILES string of the molecule is O=C(CSc1sc(-c2ccccc2)nc1[P+](c1ccccc1)(c1ccccc1)c1ccccc1)c1ccccc1. The van der Waals surface area contributed by atoms with Crippen LogP contribution in [0.5, 0.6) is 0 Å². The van der Waals surface area contributed by atoms with Crippen molar-refractivity contribution in [2.75, 3.05) is 5.75 Å². The van der Waals surface area contributed by atoms with Gasteiger partial charge in [0.15, 0.2) is 13.0 Å². The quantitative estimate of drug-likeness (QED) is 0.103. The fourth-order valence-electron chi connectivity index (χ4n) is 4.92. The van der Waals surface area contributed by atoms with E-state index in [2.05, 4.69) is 115 Å². The molecular weight excluding hydrogens is 545 g/mol. The topological polar surface area (TPSA) is 30.0 Å². The van der Waals surface area contributed by atoms with Gasteiger partial charge in [0, 0.05) is 11.1 Å². The van der Waals surface area contributed by atoms with E-state index in [0.717, 1.165) is 25.8 Å². The smallest absolute Gasteiger partial charge is 0.223 e. The number of carbonyl (C=O) groups is 1. The number of hydrogen-bond acceptors (Lipinski definition) is 4. The van der Waals surface area contributed by atoms with Gasteiger partial charge < -0.3 is 0 Å². The molecule has 0 spiro atoms. The first-order valence-corrected chi connectivity index (χ1v) is 16.7. The van der Waals surface area contributed by atoms with E-state index in [1.807, 2.05) is 36.4 Å². The summed E-state index contributed by atoms with van der Waals surface area (Å²) in [5.74, 6) is 0.473. The van der Waals surface area contributed by atoms with Gasteiger partial charge in [0.1, 0.15) is 25.1 Å². The Morgan fingerprint density at radius 1 is 0.600 bits per heavy atom. The van der Waals surface area contributed by atoms with Crippen molar-refractivity contribution in [3.8, 4) is 10.6 Å². The van der Waals surface area contributed by atoms with Crippen molar-refractivity contribution in [2.45, 2.75) is 4.21 Å². The van der Waals surface area contributed by atoms with Crippen molar-refractivity contribution in [1.29, 1.82) is 0 Å². The van der Waals surface area contributed by atoms with Gasteiger partial charge in [-0.25, -0.2) is 0 Å². The molecule has 0 aliphatic carbocycles. The third-order valence-corrected chi connectivity index (χ3v) is 13.6. The second-order valence-electron chi connectivity index (χ2n) is 9.25. The van der Waals surface area contributed by atoms with E-state index >= 15 is 0 Å². The van der Waals surface area contributed by atoms with Crippen LogP contribution in [0, 0.1) is 0 Å². The van der Waals surface area contributed by atoms with Gasteiger partial charge in [-0.15, -0.1) is 23.1 Å². The fraction of sp³-hybridized carbons (Fsp3) is 0.0286. The summed E-state index contributed by atoms with van der Waals surface area (Å²) in [6.07, 6.45) is 0. The normalized spacial score (nSPS) is 11.3. The van der Waals surface area contributed by atoms with Crippen LogP contribution in [0.1, 0.15) is 10.4 Å². The molecule has 5 heteroatoms. The maximum atomic E-state index is 13.2. The summed E-state index contributed by atoms with van der Waals surface area (Å²) in [6.45, 7) is 0. The van der Waals surface area contributed by atoms with Crippen molar-refractivity contribution >= 4 is 57.5 Å². The third kappa shape index (κ3) is 5.19. The molecule has 0 aliphatic rings. The summed E-state index contributed by atoms with van der Waals surface area (Å²) in [5, 5.41) is 4.70. The standard InChI is InChI=1S/C35H27NOPS2/c37-32(27-16-6-1-7-17-27)26-39-35-33(36-34(40-35)28-18-8-2-9-19-28)38(29-20-10-3-11-21-29,30-22-12-4-13-23-30)31-24-14-5-15-25-31/h1-25H,26H2/q+1. The summed E-state index contributed by atoms with van der Waals surface area (Å²) in [5.41, 5.74) is 2.88. The zero-order valence-electron chi connectivity index (χ0n) is 21.8. The zero-order chi connectivity index (χ0) is 27.2. The molecule has 2 nitrogen and oxygen atoms in total. The molecule has 0 N–H and O–H groups in total. The number of hydrogen-bond donors (Lipinski definition) is 0. The summed E-state index contributed by atoms with van der Waals surface area (Å²) >= 11 is 3.30. The third-order valence-electron chi connectivity index (χ3n) is 6.78. The molecule has 0 saturated heterocycles. The van der Waals surface area contributed by atoms with Crippen molar-refractivity contribution in [2.24, 2.45) is 0 Å². The summed E-state index contributed by atoms with van der Waals surface area (Å²) in [4.78, 5) is 18.7. The molecule has 0 radical (unpaired) electrons. The number of carbonyl (C=O) groups excluding carboxylic acids is 1. The van der Waals surface area contributed by atoms with Crippen LogP contribution in [0.2, 0.25) is 0 Å². The minimum absolute atomic E-state index is 0.120. The lowest BCUT2D eigenvalue weighted by molar-refractivity contribution is 0.102. The minimum atomic E-state index is -2.41. The molecule has 0 amide bonds. The zero-order valence-corrected chi connectivity index (χ0v) is 24.3. The van der Waals surface area contributed by atoms with Gasteiger partial charge in [0.25, 0.3) is 0 Å². The van der Waals surface area contributed by atoms with Crippen LogP contribution in [-0.4, -0.2) is 16.5 Å². The first kappa shape index (κ1) is 26.4. The molecule has 40 heavy (non-hydrogen) atoms. The number of thiazole rings is 1. The maximum Gasteiger partial charge on any atom is 0.223 e. The summed E-state index contributed by atoms with van der Waals surface area (Å²) < 4.78 is 1.09. The Hall–Kier alpha value is -3.82. The van der Waals surface area contributed by atoms with Gasteiger partial charge >= 0.3 is 0 Å². The molecule has 5 aromatic carbocycles. The van der Waals surface area contributed by atoms with E-state index in [9.17, 15) is 4.79 Å². The van der Waals surface area contributed by atoms with E-state index in [0.29, 0.717) is 5.75 Å². The molecule has 6 aromatic rings. The Labute approximate surface area is 244 Å². The van der Waals surface area contributed by atoms with Crippen LogP contribution in [0.25, 0.3) is 10.6 Å². The Morgan fingerprint density at radius 2 is 1.02 bits per heavy atom. The lowest BCUT2D eigenvalue weighted by atomic mass is 10.2. The van der Waals surface area contributed by atoms with Gasteiger partial charge in [-0.1, -0.05) is 115 Å². The van der Waals surface area contributed by atoms with Crippen LogP contribution < -0.4 is 21.3 Å². The molecule has 0 fully saturated rings. The molecule has 0 aliphatic heterocycles. The van der Waals surface area contributed by atoms with Crippen LogP contribution in [0.4, 0.5) is 0 Å². The first-order chi connectivity index (χ1) is 19.8. The molecule has 0 unspecified atom stereocenters. The number of rotatable bonds is 9. The van der Waals surface area contributed by atoms with Gasteiger partial charge in [0.2, 0.25) is 5.44 Å². The summed E-state index contributed by atoms with van der Waals surface area (Å²) in [6, 6.07) is 52.2. The fourth-order valence-corrected chi connectivity index (χ4v) is 12.1. The summed E-state index contributed by atoms with van der Waals surface area (Å²) in [7, 11) is -2.41.